The van der Waals surface area contributed by atoms with Gasteiger partial charge in [-0.1, -0.05) is 0 Å². The predicted octanol–water partition coefficient (Wildman–Crippen LogP) is 2.42. The molecule has 0 aliphatic carbocycles. The molecular weight excluding hydrogens is 356 g/mol. The number of anilines is 4. The average Bonchev–Trinajstić information content (AvgIpc) is 3.21. The summed E-state index contributed by atoms with van der Waals surface area (Å²) in [5.41, 5.74) is 8.33. The number of aromatic amines is 1. The lowest BCUT2D eigenvalue weighted by atomic mass is 10.0. The van der Waals surface area contributed by atoms with Crippen LogP contribution in [-0.4, -0.2) is 52.2 Å². The van der Waals surface area contributed by atoms with Crippen molar-refractivity contribution in [3.05, 3.63) is 42.2 Å². The number of ether oxygens (including phenoxy) is 1. The first-order chi connectivity index (χ1) is 13.7. The van der Waals surface area contributed by atoms with Crippen molar-refractivity contribution < 1.29 is 4.74 Å². The largest absolute Gasteiger partial charge is 0.383 e. The standard InChI is InChI=1S/C19H22N8O/c1-12-11-28-8-7-27(12)17-9-14(13-3-2-5-22-18(13)21)15(10-20)19(25-17)24-16-4-6-23-26-16/h2-6,9-10,12,20H,7-8,11H2,1H3,(H2,21,22)(H2,23,24,25,26)/t12-/m1/s1. The summed E-state index contributed by atoms with van der Waals surface area (Å²) in [7, 11) is 0. The van der Waals surface area contributed by atoms with Gasteiger partial charge in [0.15, 0.2) is 0 Å². The van der Waals surface area contributed by atoms with Crippen LogP contribution in [-0.2, 0) is 4.74 Å². The fraction of sp³-hybridized carbons (Fsp3) is 0.263. The van der Waals surface area contributed by atoms with E-state index in [9.17, 15) is 0 Å². The second-order valence-electron chi connectivity index (χ2n) is 6.58. The van der Waals surface area contributed by atoms with Crippen molar-refractivity contribution in [3.8, 4) is 11.1 Å². The molecule has 0 bridgehead atoms. The molecular formula is C19H22N8O. The van der Waals surface area contributed by atoms with Gasteiger partial charge in [-0.3, -0.25) is 5.10 Å². The number of nitrogens with one attached hydrogen (secondary N) is 3. The molecule has 0 saturated carbocycles. The highest BCUT2D eigenvalue weighted by Gasteiger charge is 2.24. The quantitative estimate of drug-likeness (QED) is 0.502. The summed E-state index contributed by atoms with van der Waals surface area (Å²) < 4.78 is 5.56. The van der Waals surface area contributed by atoms with Crippen LogP contribution in [0, 0.1) is 5.41 Å². The average molecular weight is 378 g/mol. The Morgan fingerprint density at radius 3 is 2.96 bits per heavy atom. The first-order valence-corrected chi connectivity index (χ1v) is 9.04. The van der Waals surface area contributed by atoms with Gasteiger partial charge in [0.05, 0.1) is 25.5 Å². The van der Waals surface area contributed by atoms with E-state index in [1.165, 1.54) is 6.21 Å². The van der Waals surface area contributed by atoms with Crippen LogP contribution in [0.1, 0.15) is 12.5 Å². The Bertz CT molecular complexity index is 972. The molecule has 5 N–H and O–H groups in total. The fourth-order valence-electron chi connectivity index (χ4n) is 3.32. The molecule has 1 saturated heterocycles. The van der Waals surface area contributed by atoms with Gasteiger partial charge in [-0.15, -0.1) is 0 Å². The van der Waals surface area contributed by atoms with Crippen LogP contribution in [0.5, 0.6) is 0 Å². The Kier molecular flexibility index (Phi) is 4.90. The molecule has 4 heterocycles. The smallest absolute Gasteiger partial charge is 0.143 e. The van der Waals surface area contributed by atoms with Gasteiger partial charge < -0.3 is 26.1 Å². The molecule has 0 aromatic carbocycles. The molecule has 0 amide bonds. The SMILES string of the molecule is C[C@@H]1COCCN1c1cc(-c2cccnc2N)c(C=N)c(Nc2ccn[nH]2)n1. The maximum absolute atomic E-state index is 8.00. The molecule has 3 aromatic heterocycles. The minimum absolute atomic E-state index is 0.186. The number of hydrogen-bond donors (Lipinski definition) is 4. The van der Waals surface area contributed by atoms with E-state index >= 15 is 0 Å². The maximum atomic E-state index is 8.00. The van der Waals surface area contributed by atoms with E-state index in [1.807, 2.05) is 18.2 Å². The minimum Gasteiger partial charge on any atom is -0.383 e. The molecule has 9 heteroatoms. The van der Waals surface area contributed by atoms with Crippen LogP contribution >= 0.6 is 0 Å². The lowest BCUT2D eigenvalue weighted by Crippen LogP contribution is -2.44. The van der Waals surface area contributed by atoms with Crippen LogP contribution in [0.3, 0.4) is 0 Å². The van der Waals surface area contributed by atoms with Crippen molar-refractivity contribution in [3.63, 3.8) is 0 Å². The lowest BCUT2D eigenvalue weighted by Gasteiger charge is -2.35. The number of aromatic nitrogens is 4. The van der Waals surface area contributed by atoms with Crippen molar-refractivity contribution >= 4 is 29.5 Å². The molecule has 1 fully saturated rings. The number of nitrogens with two attached hydrogens (primary N) is 1. The number of pyridine rings is 2. The van der Waals surface area contributed by atoms with Crippen LogP contribution in [0.2, 0.25) is 0 Å². The van der Waals surface area contributed by atoms with E-state index in [1.54, 1.807) is 18.5 Å². The van der Waals surface area contributed by atoms with E-state index < -0.39 is 0 Å². The van der Waals surface area contributed by atoms with Crippen molar-refractivity contribution in [2.75, 3.05) is 35.7 Å². The monoisotopic (exact) mass is 378 g/mol. The second-order valence-corrected chi connectivity index (χ2v) is 6.58. The number of hydrogen-bond acceptors (Lipinski definition) is 8. The zero-order valence-corrected chi connectivity index (χ0v) is 15.5. The van der Waals surface area contributed by atoms with Gasteiger partial charge in [0.2, 0.25) is 0 Å². The molecule has 3 aromatic rings. The third kappa shape index (κ3) is 3.39. The fourth-order valence-corrected chi connectivity index (χ4v) is 3.32. The second kappa shape index (κ2) is 7.65. The van der Waals surface area contributed by atoms with Crippen molar-refractivity contribution in [1.82, 2.24) is 20.2 Å². The molecule has 28 heavy (non-hydrogen) atoms. The molecule has 1 aliphatic heterocycles. The van der Waals surface area contributed by atoms with Crippen LogP contribution in [0.4, 0.5) is 23.3 Å². The molecule has 9 nitrogen and oxygen atoms in total. The van der Waals surface area contributed by atoms with Gasteiger partial charge in [0.25, 0.3) is 0 Å². The number of H-pyrrole nitrogens is 1. The Balaban J connectivity index is 1.89. The van der Waals surface area contributed by atoms with E-state index in [0.29, 0.717) is 36.2 Å². The summed E-state index contributed by atoms with van der Waals surface area (Å²) in [5, 5.41) is 18.1. The highest BCUT2D eigenvalue weighted by Crippen LogP contribution is 2.35. The van der Waals surface area contributed by atoms with Gasteiger partial charge in [0, 0.05) is 41.7 Å². The zero-order valence-electron chi connectivity index (χ0n) is 15.5. The number of rotatable bonds is 5. The molecule has 0 unspecified atom stereocenters. The van der Waals surface area contributed by atoms with Gasteiger partial charge in [0.1, 0.15) is 23.3 Å². The summed E-state index contributed by atoms with van der Waals surface area (Å²) in [6, 6.07) is 7.69. The number of nitrogen functional groups attached to an aromatic ring is 1. The van der Waals surface area contributed by atoms with Gasteiger partial charge in [-0.2, -0.15) is 5.10 Å². The summed E-state index contributed by atoms with van der Waals surface area (Å²) in [5.74, 6) is 2.44. The van der Waals surface area contributed by atoms with Gasteiger partial charge in [-0.05, 0) is 25.1 Å². The number of nitrogens with zero attached hydrogens (tertiary/aromatic N) is 4. The van der Waals surface area contributed by atoms with Crippen LogP contribution < -0.4 is 16.0 Å². The summed E-state index contributed by atoms with van der Waals surface area (Å²) >= 11 is 0. The topological polar surface area (TPSA) is 129 Å². The minimum atomic E-state index is 0.186. The molecule has 1 aliphatic rings. The Hall–Kier alpha value is -3.46. The highest BCUT2D eigenvalue weighted by molar-refractivity contribution is 5.98. The number of morpholine rings is 1. The summed E-state index contributed by atoms with van der Waals surface area (Å²) in [6.45, 7) is 4.13. The first-order valence-electron chi connectivity index (χ1n) is 9.04. The third-order valence-electron chi connectivity index (χ3n) is 4.73. The van der Waals surface area contributed by atoms with Crippen LogP contribution in [0.15, 0.2) is 36.7 Å². The van der Waals surface area contributed by atoms with Crippen LogP contribution in [0.25, 0.3) is 11.1 Å². The normalized spacial score (nSPS) is 16.8. The van der Waals surface area contributed by atoms with E-state index in [-0.39, 0.29) is 6.04 Å². The van der Waals surface area contributed by atoms with Crippen molar-refractivity contribution in [1.29, 1.82) is 5.41 Å². The third-order valence-corrected chi connectivity index (χ3v) is 4.73. The Morgan fingerprint density at radius 1 is 1.36 bits per heavy atom. The molecule has 0 spiro atoms. The maximum Gasteiger partial charge on any atom is 0.143 e. The van der Waals surface area contributed by atoms with E-state index in [0.717, 1.165) is 23.5 Å². The van der Waals surface area contributed by atoms with Gasteiger partial charge in [-0.25, -0.2) is 9.97 Å². The van der Waals surface area contributed by atoms with E-state index in [4.69, 9.17) is 20.9 Å². The first kappa shape index (κ1) is 17.9. The molecule has 0 radical (unpaired) electrons. The highest BCUT2D eigenvalue weighted by atomic mass is 16.5. The van der Waals surface area contributed by atoms with Crippen molar-refractivity contribution in [2.45, 2.75) is 13.0 Å². The zero-order chi connectivity index (χ0) is 19.5. The summed E-state index contributed by atoms with van der Waals surface area (Å²) in [4.78, 5) is 11.2. The van der Waals surface area contributed by atoms with Gasteiger partial charge >= 0.3 is 0 Å². The van der Waals surface area contributed by atoms with Crippen molar-refractivity contribution in [2.24, 2.45) is 0 Å². The molecule has 144 valence electrons. The van der Waals surface area contributed by atoms with E-state index in [2.05, 4.69) is 32.3 Å². The molecule has 1 atom stereocenters. The Morgan fingerprint density at radius 2 is 2.25 bits per heavy atom. The Labute approximate surface area is 162 Å². The summed E-state index contributed by atoms with van der Waals surface area (Å²) in [6.07, 6.45) is 4.58. The lowest BCUT2D eigenvalue weighted by molar-refractivity contribution is 0.0985. The predicted molar refractivity (Wildman–Crippen MR) is 109 cm³/mol. The molecule has 4 rings (SSSR count).